The Balaban J connectivity index is 1.97. The maximum absolute atomic E-state index is 11.3. The molecule has 0 spiro atoms. The van der Waals surface area contributed by atoms with E-state index in [1.54, 1.807) is 12.4 Å². The van der Waals surface area contributed by atoms with Crippen molar-refractivity contribution in [2.24, 2.45) is 7.05 Å². The van der Waals surface area contributed by atoms with Gasteiger partial charge in [-0.05, 0) is 30.3 Å². The van der Waals surface area contributed by atoms with E-state index in [9.17, 15) is 5.11 Å². The molecule has 1 aromatic carbocycles. The molecule has 6 heteroatoms. The predicted octanol–water partition coefficient (Wildman–Crippen LogP) is 6.20. The minimum absolute atomic E-state index is 0.649. The highest BCUT2D eigenvalue weighted by Gasteiger charge is 2.25. The number of halogens is 2. The van der Waals surface area contributed by atoms with Gasteiger partial charge in [-0.15, -0.1) is 11.3 Å². The van der Waals surface area contributed by atoms with E-state index in [0.717, 1.165) is 32.8 Å². The van der Waals surface area contributed by atoms with Crippen molar-refractivity contribution in [1.29, 1.82) is 0 Å². The van der Waals surface area contributed by atoms with Crippen LogP contribution >= 0.6 is 34.5 Å². The SMILES string of the molecule is Cn1cc(-c2ccc(Cl)s2)c(C(O)c2cccnc2)c1-c1cccc(Cl)c1. The molecule has 0 saturated heterocycles. The molecule has 0 bridgehead atoms. The van der Waals surface area contributed by atoms with Crippen LogP contribution in [0.4, 0.5) is 0 Å². The third-order valence-electron chi connectivity index (χ3n) is 4.43. The molecule has 3 heterocycles. The summed E-state index contributed by atoms with van der Waals surface area (Å²) in [5, 5.41) is 11.9. The topological polar surface area (TPSA) is 38.0 Å². The van der Waals surface area contributed by atoms with Crippen LogP contribution in [-0.2, 0) is 7.05 Å². The normalized spacial score (nSPS) is 12.3. The fraction of sp³-hybridized carbons (Fsp3) is 0.0952. The van der Waals surface area contributed by atoms with E-state index in [0.29, 0.717) is 9.36 Å². The number of hydrogen-bond acceptors (Lipinski definition) is 3. The van der Waals surface area contributed by atoms with Crippen LogP contribution in [0.25, 0.3) is 21.7 Å². The maximum atomic E-state index is 11.3. The Morgan fingerprint density at radius 3 is 2.63 bits per heavy atom. The van der Waals surface area contributed by atoms with Crippen LogP contribution in [0, 0.1) is 0 Å². The van der Waals surface area contributed by atoms with Gasteiger partial charge in [-0.1, -0.05) is 41.4 Å². The summed E-state index contributed by atoms with van der Waals surface area (Å²) in [5.41, 5.74) is 4.34. The molecule has 0 aliphatic heterocycles. The number of pyridine rings is 1. The van der Waals surface area contributed by atoms with Crippen LogP contribution in [0.2, 0.25) is 9.36 Å². The lowest BCUT2D eigenvalue weighted by Gasteiger charge is -2.16. The Labute approximate surface area is 171 Å². The third-order valence-corrected chi connectivity index (χ3v) is 5.93. The van der Waals surface area contributed by atoms with Gasteiger partial charge in [-0.2, -0.15) is 0 Å². The van der Waals surface area contributed by atoms with Crippen molar-refractivity contribution in [3.05, 3.63) is 87.6 Å². The smallest absolute Gasteiger partial charge is 0.108 e. The van der Waals surface area contributed by atoms with Gasteiger partial charge in [0.05, 0.1) is 10.0 Å². The van der Waals surface area contributed by atoms with Crippen LogP contribution in [0.3, 0.4) is 0 Å². The lowest BCUT2D eigenvalue weighted by atomic mass is 9.95. The second-order valence-electron chi connectivity index (χ2n) is 6.22. The van der Waals surface area contributed by atoms with Crippen molar-refractivity contribution in [1.82, 2.24) is 9.55 Å². The molecule has 3 nitrogen and oxygen atoms in total. The Morgan fingerprint density at radius 2 is 1.96 bits per heavy atom. The number of rotatable bonds is 4. The van der Waals surface area contributed by atoms with E-state index in [2.05, 4.69) is 4.98 Å². The molecule has 0 saturated carbocycles. The molecule has 4 rings (SSSR count). The molecular formula is C21H16Cl2N2OS. The summed E-state index contributed by atoms with van der Waals surface area (Å²) in [7, 11) is 1.97. The molecule has 1 atom stereocenters. The zero-order valence-electron chi connectivity index (χ0n) is 14.4. The van der Waals surface area contributed by atoms with Gasteiger partial charge >= 0.3 is 0 Å². The molecule has 0 aliphatic carbocycles. The van der Waals surface area contributed by atoms with Crippen LogP contribution < -0.4 is 0 Å². The molecule has 1 N–H and O–H groups in total. The molecule has 27 heavy (non-hydrogen) atoms. The summed E-state index contributed by atoms with van der Waals surface area (Å²) in [5.74, 6) is 0. The predicted molar refractivity (Wildman–Crippen MR) is 112 cm³/mol. The number of hydrogen-bond donors (Lipinski definition) is 1. The van der Waals surface area contributed by atoms with Crippen molar-refractivity contribution < 1.29 is 5.11 Å². The zero-order valence-corrected chi connectivity index (χ0v) is 16.8. The number of thiophene rings is 1. The molecule has 1 unspecified atom stereocenters. The second-order valence-corrected chi connectivity index (χ2v) is 8.37. The van der Waals surface area contributed by atoms with Crippen molar-refractivity contribution in [3.8, 4) is 21.7 Å². The Hall–Kier alpha value is -2.11. The molecule has 3 aromatic heterocycles. The van der Waals surface area contributed by atoms with Crippen LogP contribution in [0.15, 0.2) is 67.1 Å². The van der Waals surface area contributed by atoms with Crippen molar-refractivity contribution in [2.75, 3.05) is 0 Å². The minimum Gasteiger partial charge on any atom is -0.383 e. The number of benzene rings is 1. The number of aryl methyl sites for hydroxylation is 1. The summed E-state index contributed by atoms with van der Waals surface area (Å²) < 4.78 is 2.73. The number of aliphatic hydroxyl groups is 1. The number of aliphatic hydroxyl groups excluding tert-OH is 1. The zero-order chi connectivity index (χ0) is 19.0. The van der Waals surface area contributed by atoms with E-state index in [-0.39, 0.29) is 0 Å². The molecule has 0 fully saturated rings. The molecular weight excluding hydrogens is 399 g/mol. The van der Waals surface area contributed by atoms with Crippen molar-refractivity contribution in [2.45, 2.75) is 6.10 Å². The van der Waals surface area contributed by atoms with E-state index >= 15 is 0 Å². The third kappa shape index (κ3) is 3.54. The summed E-state index contributed by atoms with van der Waals surface area (Å²) >= 11 is 13.9. The van der Waals surface area contributed by atoms with Gasteiger partial charge < -0.3 is 9.67 Å². The van der Waals surface area contributed by atoms with Gasteiger partial charge in [0.2, 0.25) is 0 Å². The molecule has 136 valence electrons. The van der Waals surface area contributed by atoms with Crippen molar-refractivity contribution in [3.63, 3.8) is 0 Å². The summed E-state index contributed by atoms with van der Waals surface area (Å²) in [6, 6.07) is 15.2. The minimum atomic E-state index is -0.829. The first kappa shape index (κ1) is 18.3. The van der Waals surface area contributed by atoms with E-state index in [1.165, 1.54) is 11.3 Å². The number of aromatic nitrogens is 2. The van der Waals surface area contributed by atoms with Gasteiger partial charge in [-0.25, -0.2) is 0 Å². The molecule has 0 aliphatic rings. The maximum Gasteiger partial charge on any atom is 0.108 e. The highest BCUT2D eigenvalue weighted by molar-refractivity contribution is 7.19. The average molecular weight is 415 g/mol. The summed E-state index contributed by atoms with van der Waals surface area (Å²) in [6.07, 6.45) is 4.57. The Morgan fingerprint density at radius 1 is 1.11 bits per heavy atom. The average Bonchev–Trinajstić information content (AvgIpc) is 3.25. The van der Waals surface area contributed by atoms with Gasteiger partial charge in [-0.3, -0.25) is 4.98 Å². The fourth-order valence-electron chi connectivity index (χ4n) is 3.28. The van der Waals surface area contributed by atoms with E-state index in [4.69, 9.17) is 23.2 Å². The summed E-state index contributed by atoms with van der Waals surface area (Å²) in [4.78, 5) is 5.16. The van der Waals surface area contributed by atoms with E-state index in [1.807, 2.05) is 66.3 Å². The molecule has 4 aromatic rings. The van der Waals surface area contributed by atoms with Crippen molar-refractivity contribution >= 4 is 34.5 Å². The molecule has 0 amide bonds. The largest absolute Gasteiger partial charge is 0.383 e. The Kier molecular flexibility index (Phi) is 5.06. The first-order chi connectivity index (χ1) is 13.0. The highest BCUT2D eigenvalue weighted by atomic mass is 35.5. The van der Waals surface area contributed by atoms with E-state index < -0.39 is 6.10 Å². The monoisotopic (exact) mass is 414 g/mol. The van der Waals surface area contributed by atoms with Crippen LogP contribution in [0.5, 0.6) is 0 Å². The number of nitrogens with zero attached hydrogens (tertiary/aromatic N) is 2. The lowest BCUT2D eigenvalue weighted by molar-refractivity contribution is 0.221. The highest BCUT2D eigenvalue weighted by Crippen LogP contribution is 2.43. The second kappa shape index (κ2) is 7.49. The van der Waals surface area contributed by atoms with Gasteiger partial charge in [0, 0.05) is 57.8 Å². The summed E-state index contributed by atoms with van der Waals surface area (Å²) in [6.45, 7) is 0. The van der Waals surface area contributed by atoms with Gasteiger partial charge in [0.25, 0.3) is 0 Å². The molecule has 0 radical (unpaired) electrons. The first-order valence-electron chi connectivity index (χ1n) is 8.33. The van der Waals surface area contributed by atoms with Gasteiger partial charge in [0.15, 0.2) is 0 Å². The Bertz CT molecular complexity index is 1090. The first-order valence-corrected chi connectivity index (χ1v) is 9.90. The fourth-order valence-corrected chi connectivity index (χ4v) is 4.53. The standard InChI is InChI=1S/C21H16Cl2N2OS/c1-25-12-16(17-7-8-18(23)27-17)19(21(26)14-5-3-9-24-11-14)20(25)13-4-2-6-15(22)10-13/h2-12,21,26H,1H3. The lowest BCUT2D eigenvalue weighted by Crippen LogP contribution is -2.03. The van der Waals surface area contributed by atoms with Gasteiger partial charge in [0.1, 0.15) is 6.10 Å². The van der Waals surface area contributed by atoms with Crippen LogP contribution in [0.1, 0.15) is 17.2 Å². The quantitative estimate of drug-likeness (QED) is 0.431. The van der Waals surface area contributed by atoms with Crippen LogP contribution in [-0.4, -0.2) is 14.7 Å².